The predicted molar refractivity (Wildman–Crippen MR) is 109 cm³/mol. The number of thiazole rings is 1. The van der Waals surface area contributed by atoms with E-state index in [9.17, 15) is 22.0 Å². The Labute approximate surface area is 175 Å². The lowest BCUT2D eigenvalue weighted by atomic mass is 10.3. The summed E-state index contributed by atoms with van der Waals surface area (Å²) in [6.45, 7) is 0. The minimum Gasteiger partial charge on any atom is -0.442 e. The summed E-state index contributed by atoms with van der Waals surface area (Å²) in [7, 11) is -0.924. The Morgan fingerprint density at radius 3 is 2.67 bits per heavy atom. The zero-order chi connectivity index (χ0) is 21.9. The van der Waals surface area contributed by atoms with Crippen LogP contribution in [-0.4, -0.2) is 33.5 Å². The van der Waals surface area contributed by atoms with Gasteiger partial charge < -0.3 is 4.74 Å². The third kappa shape index (κ3) is 4.72. The van der Waals surface area contributed by atoms with Gasteiger partial charge in [-0.25, -0.2) is 27.3 Å². The molecule has 12 heteroatoms. The van der Waals surface area contributed by atoms with E-state index < -0.39 is 27.7 Å². The molecule has 1 heterocycles. The first kappa shape index (κ1) is 21.6. The van der Waals surface area contributed by atoms with Crippen LogP contribution in [0.5, 0.6) is 10.8 Å². The van der Waals surface area contributed by atoms with Crippen molar-refractivity contribution in [2.75, 3.05) is 24.3 Å². The molecular weight excluding hydrogens is 438 g/mol. The Bertz CT molecular complexity index is 1180. The number of carbonyl (C=O) groups is 1. The molecule has 0 aliphatic carbocycles. The number of benzene rings is 2. The first-order chi connectivity index (χ1) is 14.2. The van der Waals surface area contributed by atoms with Crippen molar-refractivity contribution in [2.24, 2.45) is 0 Å². The van der Waals surface area contributed by atoms with E-state index in [-0.39, 0.29) is 20.8 Å². The summed E-state index contributed by atoms with van der Waals surface area (Å²) in [5.74, 6) is -2.49. The maximum Gasteiger partial charge on any atom is 0.327 e. The van der Waals surface area contributed by atoms with Crippen molar-refractivity contribution in [1.82, 2.24) is 9.71 Å². The number of amides is 2. The fourth-order valence-corrected chi connectivity index (χ4v) is 3.75. The van der Waals surface area contributed by atoms with Crippen LogP contribution in [0.1, 0.15) is 0 Å². The number of hydrogen-bond donors (Lipinski definition) is 2. The maximum absolute atomic E-state index is 13.7. The molecule has 0 bridgehead atoms. The quantitative estimate of drug-likeness (QED) is 0.590. The highest BCUT2D eigenvalue weighted by Crippen LogP contribution is 2.32. The maximum atomic E-state index is 13.7. The number of sulfonamides is 1. The molecule has 0 saturated heterocycles. The van der Waals surface area contributed by atoms with Gasteiger partial charge in [-0.1, -0.05) is 23.5 Å². The van der Waals surface area contributed by atoms with Gasteiger partial charge in [-0.2, -0.15) is 4.39 Å². The molecule has 0 aliphatic rings. The van der Waals surface area contributed by atoms with E-state index >= 15 is 0 Å². The largest absolute Gasteiger partial charge is 0.442 e. The number of urea groups is 1. The van der Waals surface area contributed by atoms with Crippen LogP contribution in [0, 0.1) is 11.6 Å². The molecule has 0 aliphatic heterocycles. The summed E-state index contributed by atoms with van der Waals surface area (Å²) >= 11 is 0.907. The number of nitrogens with one attached hydrogen (secondary N) is 2. The highest BCUT2D eigenvalue weighted by Gasteiger charge is 2.18. The SMILES string of the molecule is CNS(=O)(=O)c1cccc(N(C)C(=O)Nc2ncc(Oc3cccc(F)c3F)s2)c1. The van der Waals surface area contributed by atoms with Gasteiger partial charge in [0.15, 0.2) is 16.7 Å². The number of nitrogens with zero attached hydrogens (tertiary/aromatic N) is 2. The standard InChI is InChI=1S/C18H16F2N4O4S2/c1-21-30(26,27)12-6-3-5-11(9-12)24(2)18(25)23-17-22-10-15(29-17)28-14-8-4-7-13(19)16(14)20/h3-10,21H,1-2H3,(H,22,23,25). The average molecular weight is 454 g/mol. The van der Waals surface area contributed by atoms with Crippen LogP contribution >= 0.6 is 11.3 Å². The highest BCUT2D eigenvalue weighted by molar-refractivity contribution is 7.89. The molecule has 2 amide bonds. The number of halogens is 2. The van der Waals surface area contributed by atoms with E-state index in [1.807, 2.05) is 0 Å². The second kappa shape index (κ2) is 8.73. The van der Waals surface area contributed by atoms with E-state index in [1.54, 1.807) is 6.07 Å². The van der Waals surface area contributed by atoms with Gasteiger partial charge in [0.05, 0.1) is 11.1 Å². The van der Waals surface area contributed by atoms with Crippen LogP contribution in [0.4, 0.5) is 24.4 Å². The first-order valence-electron chi connectivity index (χ1n) is 8.37. The van der Waals surface area contributed by atoms with Crippen molar-refractivity contribution < 1.29 is 26.7 Å². The lowest BCUT2D eigenvalue weighted by Crippen LogP contribution is -2.31. The van der Waals surface area contributed by atoms with Crippen LogP contribution < -0.4 is 19.7 Å². The zero-order valence-electron chi connectivity index (χ0n) is 15.7. The smallest absolute Gasteiger partial charge is 0.327 e. The zero-order valence-corrected chi connectivity index (χ0v) is 17.4. The van der Waals surface area contributed by atoms with Gasteiger partial charge >= 0.3 is 6.03 Å². The predicted octanol–water partition coefficient (Wildman–Crippen LogP) is 3.79. The fraction of sp³-hybridized carbons (Fsp3) is 0.111. The van der Waals surface area contributed by atoms with Gasteiger partial charge in [0.1, 0.15) is 0 Å². The Hall–Kier alpha value is -3.09. The molecular formula is C18H16F2N4O4S2. The molecule has 2 aromatic carbocycles. The second-order valence-electron chi connectivity index (χ2n) is 5.83. The van der Waals surface area contributed by atoms with Crippen molar-refractivity contribution in [3.05, 3.63) is 60.3 Å². The Kier molecular flexibility index (Phi) is 6.29. The third-order valence-electron chi connectivity index (χ3n) is 3.91. The van der Waals surface area contributed by atoms with Crippen LogP contribution in [0.15, 0.2) is 53.6 Å². The van der Waals surface area contributed by atoms with Crippen LogP contribution in [-0.2, 0) is 10.0 Å². The van der Waals surface area contributed by atoms with Crippen molar-refractivity contribution in [2.45, 2.75) is 4.90 Å². The molecule has 3 aromatic rings. The molecule has 0 fully saturated rings. The Morgan fingerprint density at radius 2 is 1.93 bits per heavy atom. The van der Waals surface area contributed by atoms with Gasteiger partial charge in [0.25, 0.3) is 0 Å². The molecule has 2 N–H and O–H groups in total. The topological polar surface area (TPSA) is 101 Å². The molecule has 0 spiro atoms. The molecule has 158 valence electrons. The van der Waals surface area contributed by atoms with Crippen LogP contribution in [0.25, 0.3) is 0 Å². The summed E-state index contributed by atoms with van der Waals surface area (Å²) in [4.78, 5) is 17.6. The molecule has 30 heavy (non-hydrogen) atoms. The molecule has 1 aromatic heterocycles. The van der Waals surface area contributed by atoms with Crippen molar-refractivity contribution in [3.8, 4) is 10.8 Å². The summed E-state index contributed by atoms with van der Waals surface area (Å²) in [6, 6.07) is 8.75. The summed E-state index contributed by atoms with van der Waals surface area (Å²) in [6.07, 6.45) is 1.25. The number of anilines is 2. The molecule has 0 unspecified atom stereocenters. The van der Waals surface area contributed by atoms with Crippen molar-refractivity contribution >= 4 is 38.2 Å². The van der Waals surface area contributed by atoms with Gasteiger partial charge in [0, 0.05) is 12.7 Å². The number of carbonyl (C=O) groups excluding carboxylic acids is 1. The minimum absolute atomic E-state index is 0.00389. The molecule has 0 radical (unpaired) electrons. The lowest BCUT2D eigenvalue weighted by molar-refractivity contribution is 0.258. The fourth-order valence-electron chi connectivity index (χ4n) is 2.31. The molecule has 3 rings (SSSR count). The van der Waals surface area contributed by atoms with E-state index in [0.717, 1.165) is 17.4 Å². The number of hydrogen-bond acceptors (Lipinski definition) is 6. The van der Waals surface area contributed by atoms with Crippen LogP contribution in [0.2, 0.25) is 0 Å². The second-order valence-corrected chi connectivity index (χ2v) is 8.71. The first-order valence-corrected chi connectivity index (χ1v) is 10.7. The molecule has 0 atom stereocenters. The molecule has 0 saturated carbocycles. The summed E-state index contributed by atoms with van der Waals surface area (Å²) in [5.41, 5.74) is 0.332. The van der Waals surface area contributed by atoms with E-state index in [2.05, 4.69) is 15.0 Å². The van der Waals surface area contributed by atoms with Gasteiger partial charge in [-0.3, -0.25) is 10.2 Å². The van der Waals surface area contributed by atoms with Gasteiger partial charge in [0.2, 0.25) is 20.9 Å². The lowest BCUT2D eigenvalue weighted by Gasteiger charge is -2.18. The average Bonchev–Trinajstić information content (AvgIpc) is 3.17. The Balaban J connectivity index is 1.71. The monoisotopic (exact) mass is 454 g/mol. The van der Waals surface area contributed by atoms with E-state index in [1.165, 1.54) is 55.5 Å². The normalized spacial score (nSPS) is 11.2. The molecule has 8 nitrogen and oxygen atoms in total. The third-order valence-corrected chi connectivity index (χ3v) is 6.12. The summed E-state index contributed by atoms with van der Waals surface area (Å²) < 4.78 is 58.3. The van der Waals surface area contributed by atoms with Gasteiger partial charge in [-0.05, 0) is 37.4 Å². The summed E-state index contributed by atoms with van der Waals surface area (Å²) in [5, 5.41) is 2.82. The highest BCUT2D eigenvalue weighted by atomic mass is 32.2. The van der Waals surface area contributed by atoms with Crippen LogP contribution in [0.3, 0.4) is 0 Å². The number of aromatic nitrogens is 1. The van der Waals surface area contributed by atoms with E-state index in [4.69, 9.17) is 4.74 Å². The minimum atomic E-state index is -3.66. The Morgan fingerprint density at radius 1 is 1.20 bits per heavy atom. The van der Waals surface area contributed by atoms with E-state index in [0.29, 0.717) is 5.69 Å². The van der Waals surface area contributed by atoms with Gasteiger partial charge in [-0.15, -0.1) is 0 Å². The van der Waals surface area contributed by atoms with Crippen molar-refractivity contribution in [3.63, 3.8) is 0 Å². The number of ether oxygens (including phenoxy) is 1. The van der Waals surface area contributed by atoms with Crippen molar-refractivity contribution in [1.29, 1.82) is 0 Å². The number of rotatable bonds is 6.